The van der Waals surface area contributed by atoms with Crippen LogP contribution in [0.2, 0.25) is 0 Å². The minimum atomic E-state index is -4.03. The summed E-state index contributed by atoms with van der Waals surface area (Å²) in [6, 6.07) is 25.3. The molecule has 1 aliphatic rings. The highest BCUT2D eigenvalue weighted by atomic mass is 32.2. The van der Waals surface area contributed by atoms with Gasteiger partial charge >= 0.3 is 0 Å². The van der Waals surface area contributed by atoms with Crippen molar-refractivity contribution < 1.29 is 16.8 Å². The Bertz CT molecular complexity index is 1600. The van der Waals surface area contributed by atoms with Crippen LogP contribution in [0.5, 0.6) is 0 Å². The van der Waals surface area contributed by atoms with Crippen molar-refractivity contribution >= 4 is 47.9 Å². The van der Waals surface area contributed by atoms with Gasteiger partial charge in [-0.3, -0.25) is 9.44 Å². The maximum atomic E-state index is 13.5. The van der Waals surface area contributed by atoms with E-state index in [1.165, 1.54) is 18.2 Å². The molecule has 5 rings (SSSR count). The van der Waals surface area contributed by atoms with Gasteiger partial charge in [0, 0.05) is 37.3 Å². The molecule has 186 valence electrons. The number of rotatable bonds is 7. The molecule has 0 aliphatic carbocycles. The van der Waals surface area contributed by atoms with E-state index in [0.29, 0.717) is 5.39 Å². The second-order valence-electron chi connectivity index (χ2n) is 8.47. The zero-order chi connectivity index (χ0) is 25.2. The first-order valence-electron chi connectivity index (χ1n) is 11.5. The van der Waals surface area contributed by atoms with Crippen LogP contribution in [0.4, 0.5) is 17.1 Å². The first-order valence-corrected chi connectivity index (χ1v) is 14.5. The molecule has 1 heterocycles. The molecule has 0 spiro atoms. The summed E-state index contributed by atoms with van der Waals surface area (Å²) in [5, 5.41) is 4.66. The monoisotopic (exact) mass is 522 g/mol. The Morgan fingerprint density at radius 1 is 0.667 bits per heavy atom. The number of hydrogen-bond acceptors (Lipinski definition) is 6. The minimum absolute atomic E-state index is 0.0837. The smallest absolute Gasteiger partial charge is 0.262 e. The Morgan fingerprint density at radius 2 is 1.33 bits per heavy atom. The van der Waals surface area contributed by atoms with Gasteiger partial charge in [0.05, 0.1) is 21.2 Å². The summed E-state index contributed by atoms with van der Waals surface area (Å²) in [7, 11) is -7.98. The van der Waals surface area contributed by atoms with Gasteiger partial charge in [0.15, 0.2) is 0 Å². The summed E-state index contributed by atoms with van der Waals surface area (Å²) in [6.07, 6.45) is 0. The average Bonchev–Trinajstić information content (AvgIpc) is 2.90. The molecule has 36 heavy (non-hydrogen) atoms. The molecule has 0 saturated carbocycles. The molecule has 0 amide bonds. The van der Waals surface area contributed by atoms with Crippen LogP contribution in [0.3, 0.4) is 0 Å². The first kappa shape index (κ1) is 24.1. The van der Waals surface area contributed by atoms with Crippen molar-refractivity contribution in [2.24, 2.45) is 0 Å². The van der Waals surface area contributed by atoms with E-state index in [0.717, 1.165) is 37.3 Å². The largest absolute Gasteiger partial charge is 0.369 e. The van der Waals surface area contributed by atoms with Gasteiger partial charge in [-0.1, -0.05) is 54.6 Å². The van der Waals surface area contributed by atoms with Gasteiger partial charge in [0.2, 0.25) is 0 Å². The molecule has 3 N–H and O–H groups in total. The Labute approximate surface area is 211 Å². The third kappa shape index (κ3) is 5.01. The average molecular weight is 523 g/mol. The van der Waals surface area contributed by atoms with Crippen LogP contribution in [-0.4, -0.2) is 43.0 Å². The predicted octanol–water partition coefficient (Wildman–Crippen LogP) is 3.85. The minimum Gasteiger partial charge on any atom is -0.369 e. The lowest BCUT2D eigenvalue weighted by molar-refractivity contribution is 0.589. The zero-order valence-corrected chi connectivity index (χ0v) is 21.0. The van der Waals surface area contributed by atoms with Crippen LogP contribution in [0.25, 0.3) is 10.8 Å². The Kier molecular flexibility index (Phi) is 6.57. The Balaban J connectivity index is 1.56. The number of anilines is 3. The van der Waals surface area contributed by atoms with E-state index in [2.05, 4.69) is 19.7 Å². The molecule has 0 radical (unpaired) electrons. The van der Waals surface area contributed by atoms with E-state index in [4.69, 9.17) is 0 Å². The SMILES string of the molecule is O=S(=O)(Nc1cc(N2CCNCC2)ccc1NS(=O)(=O)c1cccc2ccccc12)c1ccccc1. The molecule has 1 aliphatic heterocycles. The fourth-order valence-corrected chi connectivity index (χ4v) is 6.66. The molecule has 4 aromatic carbocycles. The number of hydrogen-bond donors (Lipinski definition) is 3. The number of sulfonamides is 2. The number of benzene rings is 4. The normalized spacial score (nSPS) is 14.5. The Morgan fingerprint density at radius 3 is 2.11 bits per heavy atom. The zero-order valence-electron chi connectivity index (χ0n) is 19.4. The van der Waals surface area contributed by atoms with Crippen LogP contribution in [0.15, 0.2) is 101 Å². The van der Waals surface area contributed by atoms with E-state index in [1.54, 1.807) is 54.6 Å². The molecular formula is C26H26N4O4S2. The van der Waals surface area contributed by atoms with Crippen molar-refractivity contribution in [1.82, 2.24) is 5.32 Å². The fourth-order valence-electron chi connectivity index (χ4n) is 4.26. The van der Waals surface area contributed by atoms with Gasteiger partial charge in [-0.15, -0.1) is 0 Å². The van der Waals surface area contributed by atoms with Gasteiger partial charge in [-0.2, -0.15) is 0 Å². The standard InChI is InChI=1S/C26H26N4O4S2/c31-35(32,22-9-2-1-3-10-22)29-25-19-21(30-17-15-27-16-18-30)13-14-24(25)28-36(33,34)26-12-6-8-20-7-4-5-11-23(20)26/h1-14,19,27-29H,15-18H2. The maximum absolute atomic E-state index is 13.5. The summed E-state index contributed by atoms with van der Waals surface area (Å²) in [5.41, 5.74) is 1.09. The highest BCUT2D eigenvalue weighted by Crippen LogP contribution is 2.33. The van der Waals surface area contributed by atoms with E-state index in [1.807, 2.05) is 18.2 Å². The van der Waals surface area contributed by atoms with Crippen molar-refractivity contribution in [1.29, 1.82) is 0 Å². The molecule has 8 nitrogen and oxygen atoms in total. The second kappa shape index (κ2) is 9.81. The van der Waals surface area contributed by atoms with Crippen LogP contribution in [-0.2, 0) is 20.0 Å². The predicted molar refractivity (Wildman–Crippen MR) is 144 cm³/mol. The number of piperazine rings is 1. The summed E-state index contributed by atoms with van der Waals surface area (Å²) in [4.78, 5) is 2.32. The third-order valence-electron chi connectivity index (χ3n) is 6.07. The topological polar surface area (TPSA) is 108 Å². The molecule has 4 aromatic rings. The van der Waals surface area contributed by atoms with Gasteiger partial charge < -0.3 is 10.2 Å². The van der Waals surface area contributed by atoms with Gasteiger partial charge in [-0.25, -0.2) is 16.8 Å². The van der Waals surface area contributed by atoms with E-state index in [-0.39, 0.29) is 21.2 Å². The van der Waals surface area contributed by atoms with Gasteiger partial charge in [-0.05, 0) is 41.8 Å². The van der Waals surface area contributed by atoms with E-state index >= 15 is 0 Å². The van der Waals surface area contributed by atoms with Crippen molar-refractivity contribution in [3.8, 4) is 0 Å². The highest BCUT2D eigenvalue weighted by Gasteiger charge is 2.23. The van der Waals surface area contributed by atoms with Crippen molar-refractivity contribution in [2.45, 2.75) is 9.79 Å². The van der Waals surface area contributed by atoms with E-state index in [9.17, 15) is 16.8 Å². The van der Waals surface area contributed by atoms with E-state index < -0.39 is 20.0 Å². The number of nitrogens with zero attached hydrogens (tertiary/aromatic N) is 1. The lowest BCUT2D eigenvalue weighted by Gasteiger charge is -2.30. The van der Waals surface area contributed by atoms with Crippen LogP contribution < -0.4 is 19.7 Å². The first-order chi connectivity index (χ1) is 17.3. The molecule has 0 aromatic heterocycles. The summed E-state index contributed by atoms with van der Waals surface area (Å²) >= 11 is 0. The van der Waals surface area contributed by atoms with Crippen molar-refractivity contribution in [3.05, 3.63) is 91.0 Å². The molecule has 1 saturated heterocycles. The summed E-state index contributed by atoms with van der Waals surface area (Å²) < 4.78 is 58.5. The van der Waals surface area contributed by atoms with Crippen LogP contribution >= 0.6 is 0 Å². The number of fused-ring (bicyclic) bond motifs is 1. The second-order valence-corrected chi connectivity index (χ2v) is 11.8. The van der Waals surface area contributed by atoms with Crippen molar-refractivity contribution in [2.75, 3.05) is 40.5 Å². The van der Waals surface area contributed by atoms with Crippen molar-refractivity contribution in [3.63, 3.8) is 0 Å². The molecule has 0 bridgehead atoms. The van der Waals surface area contributed by atoms with Gasteiger partial charge in [0.25, 0.3) is 20.0 Å². The lowest BCUT2D eigenvalue weighted by atomic mass is 10.1. The third-order valence-corrected chi connectivity index (χ3v) is 8.87. The molecule has 0 atom stereocenters. The number of nitrogens with one attached hydrogen (secondary N) is 3. The highest BCUT2D eigenvalue weighted by molar-refractivity contribution is 7.93. The maximum Gasteiger partial charge on any atom is 0.262 e. The Hall–Kier alpha value is -3.60. The molecule has 0 unspecified atom stereocenters. The lowest BCUT2D eigenvalue weighted by Crippen LogP contribution is -2.43. The van der Waals surface area contributed by atoms with Crippen LogP contribution in [0.1, 0.15) is 0 Å². The molecule has 1 fully saturated rings. The quantitative estimate of drug-likeness (QED) is 0.340. The van der Waals surface area contributed by atoms with Crippen LogP contribution in [0, 0.1) is 0 Å². The fraction of sp³-hybridized carbons (Fsp3) is 0.154. The molecular weight excluding hydrogens is 496 g/mol. The summed E-state index contributed by atoms with van der Waals surface area (Å²) in [5.74, 6) is 0. The molecule has 10 heteroatoms. The summed E-state index contributed by atoms with van der Waals surface area (Å²) in [6.45, 7) is 3.12. The van der Waals surface area contributed by atoms with Gasteiger partial charge in [0.1, 0.15) is 0 Å².